The molecule has 0 spiro atoms. The summed E-state index contributed by atoms with van der Waals surface area (Å²) in [5.41, 5.74) is -0.901. The number of carbonyl (C=O) groups is 3. The van der Waals surface area contributed by atoms with Gasteiger partial charge in [0.15, 0.2) is 0 Å². The van der Waals surface area contributed by atoms with Crippen molar-refractivity contribution in [2.45, 2.75) is 65.0 Å². The monoisotopic (exact) mass is 448 g/mol. The first-order valence-corrected chi connectivity index (χ1v) is 11.4. The molecule has 7 heteroatoms. The number of nitrogens with zero attached hydrogens (tertiary/aromatic N) is 1. The number of benzene rings is 1. The van der Waals surface area contributed by atoms with E-state index in [0.29, 0.717) is 37.4 Å². The fraction of sp³-hybridized carbons (Fsp3) is 0.625. The van der Waals surface area contributed by atoms with Gasteiger partial charge in [-0.1, -0.05) is 51.4 Å². The quantitative estimate of drug-likeness (QED) is 0.723. The SMILES string of the molecule is CC(C)[C@@H](NC(=O)[C@@H]1CCC(=O)C1)C(=O)N1CC[C@](O)(c2ccc(Cl)cc2)C(C)(C)C1. The Morgan fingerprint density at radius 3 is 2.39 bits per heavy atom. The molecule has 6 nitrogen and oxygen atoms in total. The number of halogens is 1. The summed E-state index contributed by atoms with van der Waals surface area (Å²) in [6.07, 6.45) is 1.63. The molecule has 1 aliphatic carbocycles. The molecular formula is C24H33ClN2O4. The third-order valence-electron chi connectivity index (χ3n) is 6.93. The molecule has 0 radical (unpaired) electrons. The minimum Gasteiger partial charge on any atom is -0.384 e. The van der Waals surface area contributed by atoms with E-state index < -0.39 is 17.1 Å². The van der Waals surface area contributed by atoms with Crippen LogP contribution in [0.5, 0.6) is 0 Å². The van der Waals surface area contributed by atoms with Crippen LogP contribution in [-0.4, -0.2) is 46.7 Å². The minimum atomic E-state index is -1.09. The number of Topliss-reactive ketones (excluding diaryl/α,β-unsaturated/α-hetero) is 1. The van der Waals surface area contributed by atoms with Gasteiger partial charge in [-0.25, -0.2) is 0 Å². The summed E-state index contributed by atoms with van der Waals surface area (Å²) < 4.78 is 0. The Bertz CT molecular complexity index is 852. The first kappa shape index (κ1) is 23.7. The summed E-state index contributed by atoms with van der Waals surface area (Å²) in [5.74, 6) is -0.680. The molecule has 2 N–H and O–H groups in total. The van der Waals surface area contributed by atoms with Crippen molar-refractivity contribution in [2.24, 2.45) is 17.3 Å². The Morgan fingerprint density at radius 1 is 1.23 bits per heavy atom. The first-order chi connectivity index (χ1) is 14.4. The lowest BCUT2D eigenvalue weighted by Crippen LogP contribution is -2.60. The van der Waals surface area contributed by atoms with Gasteiger partial charge in [-0.2, -0.15) is 0 Å². The second kappa shape index (κ2) is 8.91. The summed E-state index contributed by atoms with van der Waals surface area (Å²) in [6, 6.07) is 6.55. The second-order valence-electron chi connectivity index (χ2n) is 9.97. The van der Waals surface area contributed by atoms with E-state index in [9.17, 15) is 19.5 Å². The highest BCUT2D eigenvalue weighted by Crippen LogP contribution is 2.46. The zero-order valence-corrected chi connectivity index (χ0v) is 19.5. The maximum absolute atomic E-state index is 13.4. The lowest BCUT2D eigenvalue weighted by atomic mass is 9.66. The summed E-state index contributed by atoms with van der Waals surface area (Å²) >= 11 is 6.01. The van der Waals surface area contributed by atoms with Crippen molar-refractivity contribution >= 4 is 29.2 Å². The Kier molecular flexibility index (Phi) is 6.82. The molecule has 1 aromatic carbocycles. The van der Waals surface area contributed by atoms with Gasteiger partial charge in [0.05, 0.1) is 5.60 Å². The van der Waals surface area contributed by atoms with Crippen LogP contribution in [0.1, 0.15) is 58.9 Å². The zero-order chi connectivity index (χ0) is 23.0. The normalized spacial score (nSPS) is 26.7. The lowest BCUT2D eigenvalue weighted by Gasteiger charge is -2.51. The highest BCUT2D eigenvalue weighted by molar-refractivity contribution is 6.30. The zero-order valence-electron chi connectivity index (χ0n) is 18.8. The molecule has 0 bridgehead atoms. The van der Waals surface area contributed by atoms with Crippen LogP contribution < -0.4 is 5.32 Å². The van der Waals surface area contributed by atoms with E-state index in [0.717, 1.165) is 5.56 Å². The molecule has 1 aromatic rings. The molecule has 2 amide bonds. The highest BCUT2D eigenvalue weighted by Gasteiger charge is 2.50. The van der Waals surface area contributed by atoms with E-state index in [2.05, 4.69) is 5.32 Å². The van der Waals surface area contributed by atoms with Gasteiger partial charge >= 0.3 is 0 Å². The standard InChI is InChI=1S/C24H33ClN2O4/c1-15(2)20(26-21(29)16-5-10-19(28)13-16)22(30)27-12-11-24(31,23(3,4)14-27)17-6-8-18(25)9-7-17/h6-9,15-16,20,31H,5,10-14H2,1-4H3,(H,26,29)/t16-,20-,24+/m1/s1. The smallest absolute Gasteiger partial charge is 0.245 e. The first-order valence-electron chi connectivity index (χ1n) is 11.0. The number of rotatable bonds is 5. The van der Waals surface area contributed by atoms with Crippen LogP contribution >= 0.6 is 11.6 Å². The number of amides is 2. The molecule has 0 unspecified atom stereocenters. The number of nitrogens with one attached hydrogen (secondary N) is 1. The average Bonchev–Trinajstić information content (AvgIpc) is 3.14. The summed E-state index contributed by atoms with van der Waals surface area (Å²) in [5, 5.41) is 15.1. The van der Waals surface area contributed by atoms with Gasteiger partial charge in [0, 0.05) is 42.3 Å². The molecule has 3 rings (SSSR count). The van der Waals surface area contributed by atoms with E-state index in [1.54, 1.807) is 17.0 Å². The van der Waals surface area contributed by atoms with Crippen LogP contribution in [0.25, 0.3) is 0 Å². The van der Waals surface area contributed by atoms with E-state index in [1.165, 1.54) is 0 Å². The molecular weight excluding hydrogens is 416 g/mol. The van der Waals surface area contributed by atoms with Crippen molar-refractivity contribution in [3.63, 3.8) is 0 Å². The van der Waals surface area contributed by atoms with Crippen LogP contribution in [0.4, 0.5) is 0 Å². The third-order valence-corrected chi connectivity index (χ3v) is 7.18. The minimum absolute atomic E-state index is 0.0891. The summed E-state index contributed by atoms with van der Waals surface area (Å²) in [6.45, 7) is 8.47. The van der Waals surface area contributed by atoms with Crippen molar-refractivity contribution in [3.8, 4) is 0 Å². The third kappa shape index (κ3) is 4.80. The Hall–Kier alpha value is -1.92. The number of hydrogen-bond acceptors (Lipinski definition) is 4. The van der Waals surface area contributed by atoms with E-state index in [1.807, 2.05) is 39.8 Å². The molecule has 170 valence electrons. The fourth-order valence-electron chi connectivity index (χ4n) is 4.79. The highest BCUT2D eigenvalue weighted by atomic mass is 35.5. The van der Waals surface area contributed by atoms with Crippen molar-refractivity contribution in [2.75, 3.05) is 13.1 Å². The Labute approximate surface area is 189 Å². The van der Waals surface area contributed by atoms with E-state index in [4.69, 9.17) is 11.6 Å². The van der Waals surface area contributed by atoms with Gasteiger partial charge in [0.25, 0.3) is 0 Å². The van der Waals surface area contributed by atoms with E-state index >= 15 is 0 Å². The maximum Gasteiger partial charge on any atom is 0.245 e. The largest absolute Gasteiger partial charge is 0.384 e. The van der Waals surface area contributed by atoms with Gasteiger partial charge in [-0.3, -0.25) is 14.4 Å². The molecule has 1 heterocycles. The van der Waals surface area contributed by atoms with Gasteiger partial charge in [0.1, 0.15) is 11.8 Å². The number of carbonyl (C=O) groups excluding carboxylic acids is 3. The van der Waals surface area contributed by atoms with Gasteiger partial charge in [-0.05, 0) is 36.5 Å². The molecule has 0 aromatic heterocycles. The average molecular weight is 449 g/mol. The molecule has 2 aliphatic rings. The van der Waals surface area contributed by atoms with Gasteiger partial charge in [-0.15, -0.1) is 0 Å². The Morgan fingerprint density at radius 2 is 1.87 bits per heavy atom. The summed E-state index contributed by atoms with van der Waals surface area (Å²) in [7, 11) is 0. The topological polar surface area (TPSA) is 86.7 Å². The Balaban J connectivity index is 1.73. The van der Waals surface area contributed by atoms with Crippen LogP contribution in [0.2, 0.25) is 5.02 Å². The molecule has 2 fully saturated rings. The van der Waals surface area contributed by atoms with Crippen LogP contribution in [0, 0.1) is 17.3 Å². The molecule has 1 aliphatic heterocycles. The molecule has 3 atom stereocenters. The predicted octanol–water partition coefficient (Wildman–Crippen LogP) is 3.30. The van der Waals surface area contributed by atoms with Crippen LogP contribution in [0.15, 0.2) is 24.3 Å². The maximum atomic E-state index is 13.4. The van der Waals surface area contributed by atoms with Crippen molar-refractivity contribution in [3.05, 3.63) is 34.9 Å². The van der Waals surface area contributed by atoms with Crippen LogP contribution in [0.3, 0.4) is 0 Å². The van der Waals surface area contributed by atoms with Gasteiger partial charge in [0.2, 0.25) is 11.8 Å². The number of piperidine rings is 1. The van der Waals surface area contributed by atoms with Crippen molar-refractivity contribution in [1.29, 1.82) is 0 Å². The molecule has 1 saturated carbocycles. The predicted molar refractivity (Wildman–Crippen MR) is 119 cm³/mol. The second-order valence-corrected chi connectivity index (χ2v) is 10.4. The van der Waals surface area contributed by atoms with Crippen molar-refractivity contribution in [1.82, 2.24) is 10.2 Å². The fourth-order valence-corrected chi connectivity index (χ4v) is 4.92. The lowest BCUT2D eigenvalue weighted by molar-refractivity contribution is -0.157. The summed E-state index contributed by atoms with van der Waals surface area (Å²) in [4.78, 5) is 39.3. The number of hydrogen-bond donors (Lipinski definition) is 2. The van der Waals surface area contributed by atoms with Gasteiger partial charge < -0.3 is 15.3 Å². The number of likely N-dealkylation sites (tertiary alicyclic amines) is 1. The van der Waals surface area contributed by atoms with Crippen molar-refractivity contribution < 1.29 is 19.5 Å². The van der Waals surface area contributed by atoms with Crippen LogP contribution in [-0.2, 0) is 20.0 Å². The molecule has 31 heavy (non-hydrogen) atoms. The number of aliphatic hydroxyl groups is 1. The van der Waals surface area contributed by atoms with E-state index in [-0.39, 0.29) is 35.9 Å². The number of ketones is 1. The molecule has 1 saturated heterocycles.